The van der Waals surface area contributed by atoms with Gasteiger partial charge in [0.05, 0.1) is 24.4 Å². The van der Waals surface area contributed by atoms with Gasteiger partial charge in [0, 0.05) is 25.7 Å². The van der Waals surface area contributed by atoms with Crippen LogP contribution in [0.5, 0.6) is 0 Å². The number of hydrogen-bond donors (Lipinski definition) is 3. The van der Waals surface area contributed by atoms with Gasteiger partial charge < -0.3 is 20.5 Å². The monoisotopic (exact) mass is 321 g/mol. The molecule has 1 aromatic rings. The number of hydrogen-bond acceptors (Lipinski definition) is 5. The van der Waals surface area contributed by atoms with E-state index in [1.54, 1.807) is 6.20 Å². The maximum Gasteiger partial charge on any atom is 0.220 e. The van der Waals surface area contributed by atoms with Crippen LogP contribution in [-0.2, 0) is 16.1 Å². The van der Waals surface area contributed by atoms with Crippen molar-refractivity contribution < 1.29 is 14.6 Å². The SMILES string of the molecule is CC(C)(C)CC(=O)NC[C@H]1OC[C@@H](NCc2ccccn2)[C@@H]1O. The number of ether oxygens (including phenoxy) is 1. The van der Waals surface area contributed by atoms with Gasteiger partial charge in [0.15, 0.2) is 0 Å². The van der Waals surface area contributed by atoms with E-state index in [0.29, 0.717) is 26.1 Å². The fourth-order valence-electron chi connectivity index (χ4n) is 2.54. The summed E-state index contributed by atoms with van der Waals surface area (Å²) in [6.45, 7) is 7.39. The van der Waals surface area contributed by atoms with Gasteiger partial charge in [-0.3, -0.25) is 9.78 Å². The van der Waals surface area contributed by atoms with Crippen molar-refractivity contribution in [1.29, 1.82) is 0 Å². The van der Waals surface area contributed by atoms with Gasteiger partial charge in [-0.1, -0.05) is 26.8 Å². The molecule has 0 unspecified atom stereocenters. The highest BCUT2D eigenvalue weighted by Crippen LogP contribution is 2.18. The Morgan fingerprint density at radius 2 is 2.22 bits per heavy atom. The molecule has 1 aliphatic rings. The number of aromatic nitrogens is 1. The van der Waals surface area contributed by atoms with Gasteiger partial charge in [-0.25, -0.2) is 0 Å². The lowest BCUT2D eigenvalue weighted by molar-refractivity contribution is -0.123. The topological polar surface area (TPSA) is 83.5 Å². The van der Waals surface area contributed by atoms with Crippen LogP contribution in [0.15, 0.2) is 24.4 Å². The smallest absolute Gasteiger partial charge is 0.220 e. The van der Waals surface area contributed by atoms with Crippen LogP contribution >= 0.6 is 0 Å². The van der Waals surface area contributed by atoms with Gasteiger partial charge in [0.2, 0.25) is 5.91 Å². The first-order chi connectivity index (χ1) is 10.8. The highest BCUT2D eigenvalue weighted by atomic mass is 16.5. The molecule has 2 rings (SSSR count). The van der Waals surface area contributed by atoms with E-state index in [9.17, 15) is 9.90 Å². The molecule has 3 N–H and O–H groups in total. The number of aliphatic hydroxyl groups is 1. The molecule has 1 aromatic heterocycles. The number of pyridine rings is 1. The summed E-state index contributed by atoms with van der Waals surface area (Å²) in [6, 6.07) is 5.58. The van der Waals surface area contributed by atoms with Crippen LogP contribution in [0.2, 0.25) is 0 Å². The van der Waals surface area contributed by atoms with E-state index in [0.717, 1.165) is 5.69 Å². The van der Waals surface area contributed by atoms with E-state index in [-0.39, 0.29) is 23.5 Å². The van der Waals surface area contributed by atoms with Crippen LogP contribution < -0.4 is 10.6 Å². The van der Waals surface area contributed by atoms with Crippen LogP contribution in [0.25, 0.3) is 0 Å². The summed E-state index contributed by atoms with van der Waals surface area (Å²) in [5, 5.41) is 16.4. The molecule has 1 aliphatic heterocycles. The lowest BCUT2D eigenvalue weighted by Crippen LogP contribution is -2.44. The van der Waals surface area contributed by atoms with Gasteiger partial charge in [0.1, 0.15) is 6.10 Å². The van der Waals surface area contributed by atoms with Gasteiger partial charge >= 0.3 is 0 Å². The quantitative estimate of drug-likeness (QED) is 0.723. The third-order valence-corrected chi connectivity index (χ3v) is 3.75. The van der Waals surface area contributed by atoms with Crippen molar-refractivity contribution in [3.8, 4) is 0 Å². The molecule has 23 heavy (non-hydrogen) atoms. The Hall–Kier alpha value is -1.50. The molecule has 1 saturated heterocycles. The van der Waals surface area contributed by atoms with Crippen molar-refractivity contribution in [2.75, 3.05) is 13.2 Å². The lowest BCUT2D eigenvalue weighted by atomic mass is 9.92. The number of amides is 1. The zero-order valence-electron chi connectivity index (χ0n) is 14.1. The van der Waals surface area contributed by atoms with Crippen molar-refractivity contribution >= 4 is 5.91 Å². The molecule has 3 atom stereocenters. The van der Waals surface area contributed by atoms with Gasteiger partial charge in [0.25, 0.3) is 0 Å². The second-order valence-electron chi connectivity index (χ2n) is 7.21. The normalized spacial score (nSPS) is 24.6. The highest BCUT2D eigenvalue weighted by Gasteiger charge is 2.35. The zero-order chi connectivity index (χ0) is 16.9. The molecule has 128 valence electrons. The predicted octanol–water partition coefficient (Wildman–Crippen LogP) is 0.852. The van der Waals surface area contributed by atoms with Crippen LogP contribution in [0, 0.1) is 5.41 Å². The molecular formula is C17H27N3O3. The summed E-state index contributed by atoms with van der Waals surface area (Å²) in [5.74, 6) is -0.0156. The fraction of sp³-hybridized carbons (Fsp3) is 0.647. The van der Waals surface area contributed by atoms with E-state index >= 15 is 0 Å². The maximum absolute atomic E-state index is 11.8. The Kier molecular flexibility index (Phi) is 6.10. The number of carbonyl (C=O) groups is 1. The molecule has 2 heterocycles. The molecule has 0 saturated carbocycles. The van der Waals surface area contributed by atoms with Crippen LogP contribution in [0.1, 0.15) is 32.9 Å². The van der Waals surface area contributed by atoms with Crippen LogP contribution in [-0.4, -0.2) is 47.4 Å². The van der Waals surface area contributed by atoms with Crippen molar-refractivity contribution in [2.45, 2.75) is 52.0 Å². The van der Waals surface area contributed by atoms with Gasteiger partial charge in [-0.15, -0.1) is 0 Å². The molecule has 1 amide bonds. The van der Waals surface area contributed by atoms with E-state index in [2.05, 4.69) is 15.6 Å². The van der Waals surface area contributed by atoms with E-state index in [1.165, 1.54) is 0 Å². The first kappa shape index (κ1) is 17.8. The van der Waals surface area contributed by atoms with Crippen molar-refractivity contribution in [3.05, 3.63) is 30.1 Å². The molecule has 1 fully saturated rings. The third-order valence-electron chi connectivity index (χ3n) is 3.75. The van der Waals surface area contributed by atoms with Gasteiger partial charge in [-0.05, 0) is 17.5 Å². The molecule has 0 aromatic carbocycles. The van der Waals surface area contributed by atoms with E-state index < -0.39 is 6.10 Å². The first-order valence-corrected chi connectivity index (χ1v) is 8.05. The first-order valence-electron chi connectivity index (χ1n) is 8.05. The molecule has 6 nitrogen and oxygen atoms in total. The maximum atomic E-state index is 11.8. The average Bonchev–Trinajstić information content (AvgIpc) is 2.83. The summed E-state index contributed by atoms with van der Waals surface area (Å²) >= 11 is 0. The summed E-state index contributed by atoms with van der Waals surface area (Å²) in [6.07, 6.45) is 1.18. The summed E-state index contributed by atoms with van der Waals surface area (Å²) < 4.78 is 5.60. The number of carbonyl (C=O) groups excluding carboxylic acids is 1. The second kappa shape index (κ2) is 7.86. The number of aliphatic hydroxyl groups excluding tert-OH is 1. The largest absolute Gasteiger partial charge is 0.389 e. The Labute approximate surface area is 137 Å². The van der Waals surface area contributed by atoms with Gasteiger partial charge in [-0.2, -0.15) is 0 Å². The molecule has 6 heteroatoms. The minimum Gasteiger partial charge on any atom is -0.389 e. The average molecular weight is 321 g/mol. The molecule has 0 radical (unpaired) electrons. The van der Waals surface area contributed by atoms with Crippen molar-refractivity contribution in [2.24, 2.45) is 5.41 Å². The van der Waals surface area contributed by atoms with E-state index in [4.69, 9.17) is 4.74 Å². The Morgan fingerprint density at radius 1 is 1.43 bits per heavy atom. The minimum atomic E-state index is -0.645. The predicted molar refractivity (Wildman–Crippen MR) is 87.7 cm³/mol. The second-order valence-corrected chi connectivity index (χ2v) is 7.21. The summed E-state index contributed by atoms with van der Waals surface area (Å²) in [4.78, 5) is 16.1. The standard InChI is InChI=1S/C17H27N3O3/c1-17(2,3)8-15(21)20-10-14-16(22)13(11-23-14)19-9-12-6-4-5-7-18-12/h4-7,13-14,16,19,22H,8-11H2,1-3H3,(H,20,21)/t13-,14-,16+/m1/s1. The third kappa shape index (κ3) is 5.89. The molecule has 0 bridgehead atoms. The Morgan fingerprint density at radius 3 is 2.87 bits per heavy atom. The van der Waals surface area contributed by atoms with E-state index in [1.807, 2.05) is 39.0 Å². The van der Waals surface area contributed by atoms with Crippen LogP contribution in [0.4, 0.5) is 0 Å². The summed E-state index contributed by atoms with van der Waals surface area (Å²) in [5.41, 5.74) is 0.869. The van der Waals surface area contributed by atoms with Crippen molar-refractivity contribution in [1.82, 2.24) is 15.6 Å². The summed E-state index contributed by atoms with van der Waals surface area (Å²) in [7, 11) is 0. The molecule has 0 spiro atoms. The Bertz CT molecular complexity index is 502. The number of nitrogens with one attached hydrogen (secondary N) is 2. The minimum absolute atomic E-state index is 0.0156. The Balaban J connectivity index is 1.73. The number of nitrogens with zero attached hydrogens (tertiary/aromatic N) is 1. The van der Waals surface area contributed by atoms with Crippen molar-refractivity contribution in [3.63, 3.8) is 0 Å². The molecular weight excluding hydrogens is 294 g/mol. The zero-order valence-corrected chi connectivity index (χ0v) is 14.1. The lowest BCUT2D eigenvalue weighted by Gasteiger charge is -2.21. The van der Waals surface area contributed by atoms with Crippen LogP contribution in [0.3, 0.4) is 0 Å². The number of rotatable bonds is 6. The highest BCUT2D eigenvalue weighted by molar-refractivity contribution is 5.76. The molecule has 0 aliphatic carbocycles. The fourth-order valence-corrected chi connectivity index (χ4v) is 2.54.